The number of hydrogen-bond donors (Lipinski definition) is 2. The molecule has 0 heterocycles. The van der Waals surface area contributed by atoms with Crippen LogP contribution in [0.5, 0.6) is 0 Å². The molecule has 0 amide bonds. The molecule has 1 unspecified atom stereocenters. The van der Waals surface area contributed by atoms with Crippen molar-refractivity contribution in [3.63, 3.8) is 0 Å². The van der Waals surface area contributed by atoms with Crippen molar-refractivity contribution in [2.75, 3.05) is 33.5 Å². The minimum absolute atomic E-state index is 0.0260. The van der Waals surface area contributed by atoms with Crippen LogP contribution in [0.3, 0.4) is 0 Å². The van der Waals surface area contributed by atoms with Gasteiger partial charge < -0.3 is 24.4 Å². The van der Waals surface area contributed by atoms with E-state index in [-0.39, 0.29) is 13.2 Å². The summed E-state index contributed by atoms with van der Waals surface area (Å²) in [6, 6.07) is 0. The van der Waals surface area contributed by atoms with Gasteiger partial charge in [0.2, 0.25) is 0 Å². The van der Waals surface area contributed by atoms with Crippen LogP contribution < -0.4 is 0 Å². The van der Waals surface area contributed by atoms with Gasteiger partial charge in [-0.25, -0.2) is 4.79 Å². The number of ether oxygens (including phenoxy) is 3. The summed E-state index contributed by atoms with van der Waals surface area (Å²) in [4.78, 5) is 21.6. The predicted octanol–water partition coefficient (Wildman–Crippen LogP) is -0.131. The number of hydrogen-bond acceptors (Lipinski definition) is 6. The third kappa shape index (κ3) is 4.94. The Labute approximate surface area is 92.9 Å². The highest BCUT2D eigenvalue weighted by molar-refractivity contribution is 5.75. The van der Waals surface area contributed by atoms with Gasteiger partial charge in [0.1, 0.15) is 18.6 Å². The first-order valence-electron chi connectivity index (χ1n) is 4.59. The standard InChI is InChI=1S/C9H16O7/c1-9(5-10,7(11)12)6-16-8(13)15-4-3-14-2/h10H,3-6H2,1-2H3,(H,11,12). The average Bonchev–Trinajstić information content (AvgIpc) is 2.26. The number of methoxy groups -OCH3 is 1. The van der Waals surface area contributed by atoms with E-state index < -0.39 is 30.8 Å². The van der Waals surface area contributed by atoms with Crippen molar-refractivity contribution >= 4 is 12.1 Å². The second kappa shape index (κ2) is 7.02. The van der Waals surface area contributed by atoms with Crippen molar-refractivity contribution in [3.8, 4) is 0 Å². The molecule has 0 saturated carbocycles. The van der Waals surface area contributed by atoms with E-state index in [9.17, 15) is 9.59 Å². The highest BCUT2D eigenvalue weighted by Crippen LogP contribution is 2.16. The molecule has 0 aliphatic heterocycles. The number of carbonyl (C=O) groups is 2. The molecule has 0 aromatic carbocycles. The highest BCUT2D eigenvalue weighted by Gasteiger charge is 2.34. The SMILES string of the molecule is COCCOC(=O)OCC(C)(CO)C(=O)O. The molecule has 7 nitrogen and oxygen atoms in total. The van der Waals surface area contributed by atoms with Crippen molar-refractivity contribution in [3.05, 3.63) is 0 Å². The van der Waals surface area contributed by atoms with Crippen molar-refractivity contribution < 1.29 is 34.0 Å². The van der Waals surface area contributed by atoms with E-state index in [1.165, 1.54) is 14.0 Å². The Morgan fingerprint density at radius 1 is 1.25 bits per heavy atom. The second-order valence-corrected chi connectivity index (χ2v) is 3.40. The van der Waals surface area contributed by atoms with Crippen LogP contribution in [0.15, 0.2) is 0 Å². The summed E-state index contributed by atoms with van der Waals surface area (Å²) in [7, 11) is 1.45. The Balaban J connectivity index is 3.93. The molecule has 0 saturated heterocycles. The first kappa shape index (κ1) is 14.7. The lowest BCUT2D eigenvalue weighted by molar-refractivity contribution is -0.153. The summed E-state index contributed by atoms with van der Waals surface area (Å²) in [5.41, 5.74) is -1.51. The fourth-order valence-electron chi connectivity index (χ4n) is 0.643. The van der Waals surface area contributed by atoms with Crippen molar-refractivity contribution in [2.45, 2.75) is 6.92 Å². The van der Waals surface area contributed by atoms with Gasteiger partial charge in [0.25, 0.3) is 0 Å². The number of rotatable bonds is 7. The molecular formula is C9H16O7. The Hall–Kier alpha value is -1.34. The molecule has 0 aromatic rings. The van der Waals surface area contributed by atoms with E-state index in [0.717, 1.165) is 0 Å². The fourth-order valence-corrected chi connectivity index (χ4v) is 0.643. The quantitative estimate of drug-likeness (QED) is 0.468. The van der Waals surface area contributed by atoms with Crippen LogP contribution in [0.1, 0.15) is 6.92 Å². The van der Waals surface area contributed by atoms with E-state index in [1.807, 2.05) is 0 Å². The molecule has 0 aliphatic rings. The summed E-state index contributed by atoms with van der Waals surface area (Å²) in [5.74, 6) is -1.25. The molecule has 2 N–H and O–H groups in total. The maximum atomic E-state index is 10.9. The molecule has 94 valence electrons. The number of aliphatic hydroxyl groups excluding tert-OH is 1. The van der Waals surface area contributed by atoms with Crippen LogP contribution in [0.4, 0.5) is 4.79 Å². The zero-order valence-corrected chi connectivity index (χ0v) is 9.26. The molecule has 7 heteroatoms. The van der Waals surface area contributed by atoms with Gasteiger partial charge in [0.05, 0.1) is 13.2 Å². The minimum Gasteiger partial charge on any atom is -0.481 e. The van der Waals surface area contributed by atoms with E-state index in [0.29, 0.717) is 0 Å². The van der Waals surface area contributed by atoms with Gasteiger partial charge in [-0.3, -0.25) is 4.79 Å². The van der Waals surface area contributed by atoms with Crippen molar-refractivity contribution in [1.29, 1.82) is 0 Å². The number of aliphatic carboxylic acids is 1. The van der Waals surface area contributed by atoms with Crippen molar-refractivity contribution in [1.82, 2.24) is 0 Å². The molecule has 0 aliphatic carbocycles. The normalized spacial score (nSPS) is 13.9. The number of carboxylic acids is 1. The number of carbonyl (C=O) groups excluding carboxylic acids is 1. The largest absolute Gasteiger partial charge is 0.508 e. The van der Waals surface area contributed by atoms with Crippen LogP contribution in [0.2, 0.25) is 0 Å². The van der Waals surface area contributed by atoms with Gasteiger partial charge in [-0.2, -0.15) is 0 Å². The Kier molecular flexibility index (Phi) is 6.43. The summed E-state index contributed by atoms with van der Waals surface area (Å²) in [6.45, 7) is 0.430. The van der Waals surface area contributed by atoms with Gasteiger partial charge in [-0.15, -0.1) is 0 Å². The molecule has 0 radical (unpaired) electrons. The predicted molar refractivity (Wildman–Crippen MR) is 52.0 cm³/mol. The third-order valence-corrected chi connectivity index (χ3v) is 1.88. The average molecular weight is 236 g/mol. The Bertz CT molecular complexity index is 240. The highest BCUT2D eigenvalue weighted by atomic mass is 16.7. The smallest absolute Gasteiger partial charge is 0.481 e. The minimum atomic E-state index is -1.51. The van der Waals surface area contributed by atoms with Crippen LogP contribution in [-0.4, -0.2) is 55.9 Å². The molecule has 0 spiro atoms. The van der Waals surface area contributed by atoms with Gasteiger partial charge >= 0.3 is 12.1 Å². The van der Waals surface area contributed by atoms with Crippen LogP contribution >= 0.6 is 0 Å². The zero-order valence-electron chi connectivity index (χ0n) is 9.26. The second-order valence-electron chi connectivity index (χ2n) is 3.40. The zero-order chi connectivity index (χ0) is 12.6. The van der Waals surface area contributed by atoms with Crippen LogP contribution in [0.25, 0.3) is 0 Å². The summed E-state index contributed by atoms with van der Waals surface area (Å²) in [6.07, 6.45) is -0.988. The maximum absolute atomic E-state index is 10.9. The Morgan fingerprint density at radius 3 is 2.31 bits per heavy atom. The van der Waals surface area contributed by atoms with Crippen molar-refractivity contribution in [2.24, 2.45) is 5.41 Å². The maximum Gasteiger partial charge on any atom is 0.508 e. The summed E-state index contributed by atoms with van der Waals surface area (Å²) in [5, 5.41) is 17.6. The van der Waals surface area contributed by atoms with Gasteiger partial charge in [-0.1, -0.05) is 0 Å². The summed E-state index contributed by atoms with van der Waals surface area (Å²) >= 11 is 0. The number of aliphatic hydroxyl groups is 1. The first-order valence-corrected chi connectivity index (χ1v) is 4.59. The molecule has 0 rings (SSSR count). The lowest BCUT2D eigenvalue weighted by Gasteiger charge is -2.20. The van der Waals surface area contributed by atoms with E-state index in [1.54, 1.807) is 0 Å². The van der Waals surface area contributed by atoms with Gasteiger partial charge in [0.15, 0.2) is 0 Å². The molecule has 0 fully saturated rings. The summed E-state index contributed by atoms with van der Waals surface area (Å²) < 4.78 is 13.7. The first-order chi connectivity index (χ1) is 7.46. The van der Waals surface area contributed by atoms with Gasteiger partial charge in [0, 0.05) is 7.11 Å². The van der Waals surface area contributed by atoms with Gasteiger partial charge in [-0.05, 0) is 6.92 Å². The fraction of sp³-hybridized carbons (Fsp3) is 0.778. The lowest BCUT2D eigenvalue weighted by atomic mass is 9.93. The van der Waals surface area contributed by atoms with E-state index in [4.69, 9.17) is 10.2 Å². The topological polar surface area (TPSA) is 102 Å². The number of carboxylic acid groups (broad SMARTS) is 1. The molecule has 0 bridgehead atoms. The van der Waals surface area contributed by atoms with Crippen LogP contribution in [-0.2, 0) is 19.0 Å². The Morgan fingerprint density at radius 2 is 1.88 bits per heavy atom. The molecule has 16 heavy (non-hydrogen) atoms. The molecular weight excluding hydrogens is 220 g/mol. The van der Waals surface area contributed by atoms with Crippen LogP contribution in [0, 0.1) is 5.41 Å². The third-order valence-electron chi connectivity index (χ3n) is 1.88. The van der Waals surface area contributed by atoms with E-state index >= 15 is 0 Å². The lowest BCUT2D eigenvalue weighted by Crippen LogP contribution is -2.37. The monoisotopic (exact) mass is 236 g/mol. The molecule has 0 aromatic heterocycles. The molecule has 1 atom stereocenters. The van der Waals surface area contributed by atoms with E-state index in [2.05, 4.69) is 14.2 Å².